The van der Waals surface area contributed by atoms with Crippen LogP contribution in [-0.2, 0) is 11.3 Å². The van der Waals surface area contributed by atoms with Gasteiger partial charge in [-0.2, -0.15) is 0 Å². The zero-order chi connectivity index (χ0) is 20.4. The first-order valence-corrected chi connectivity index (χ1v) is 9.65. The molecule has 1 aliphatic rings. The van der Waals surface area contributed by atoms with Crippen molar-refractivity contribution in [3.05, 3.63) is 65.7 Å². The fraction of sp³-hybridized carbons (Fsp3) is 0.261. The second kappa shape index (κ2) is 8.01. The van der Waals surface area contributed by atoms with Crippen molar-refractivity contribution in [3.63, 3.8) is 0 Å². The second-order valence-electron chi connectivity index (χ2n) is 7.22. The van der Waals surface area contributed by atoms with Gasteiger partial charge in [0.1, 0.15) is 17.1 Å². The molecule has 0 saturated carbocycles. The smallest absolute Gasteiger partial charge is 0.341 e. The molecule has 1 heterocycles. The summed E-state index contributed by atoms with van der Waals surface area (Å²) in [5, 5.41) is 22.7. The van der Waals surface area contributed by atoms with Gasteiger partial charge in [-0.15, -0.1) is 0 Å². The number of nitrogens with zero attached hydrogens (tertiary/aromatic N) is 2. The van der Waals surface area contributed by atoms with E-state index in [2.05, 4.69) is 9.80 Å². The van der Waals surface area contributed by atoms with E-state index in [0.717, 1.165) is 48.2 Å². The normalized spacial score (nSPS) is 14.9. The number of ether oxygens (including phenoxy) is 1. The zero-order valence-corrected chi connectivity index (χ0v) is 16.3. The van der Waals surface area contributed by atoms with E-state index in [1.807, 2.05) is 42.5 Å². The van der Waals surface area contributed by atoms with Crippen molar-refractivity contribution in [1.29, 1.82) is 0 Å². The van der Waals surface area contributed by atoms with Crippen LogP contribution in [0.5, 0.6) is 11.5 Å². The maximum absolute atomic E-state index is 12.1. The summed E-state index contributed by atoms with van der Waals surface area (Å²) >= 11 is 0. The van der Waals surface area contributed by atoms with Crippen molar-refractivity contribution < 1.29 is 19.7 Å². The summed E-state index contributed by atoms with van der Waals surface area (Å²) in [7, 11) is 1.31. The molecule has 0 aromatic heterocycles. The predicted octanol–water partition coefficient (Wildman–Crippen LogP) is 3.36. The quantitative estimate of drug-likeness (QED) is 0.664. The standard InChI is InChI=1S/C23H24N2O4/c1-29-23(28)18-14-16-6-2-3-7-17(16)19(22(18)27)15-24-10-12-25(13-11-24)20-8-4-5-9-21(20)26/h2-9,14,26-27H,10-13,15H2,1H3. The number of hydrogen-bond acceptors (Lipinski definition) is 6. The number of aromatic hydroxyl groups is 2. The van der Waals surface area contributed by atoms with E-state index in [0.29, 0.717) is 6.54 Å². The van der Waals surface area contributed by atoms with Crippen LogP contribution in [0.4, 0.5) is 5.69 Å². The van der Waals surface area contributed by atoms with Crippen molar-refractivity contribution in [2.45, 2.75) is 6.54 Å². The summed E-state index contributed by atoms with van der Waals surface area (Å²) < 4.78 is 4.84. The number of fused-ring (bicyclic) bond motifs is 1. The van der Waals surface area contributed by atoms with Gasteiger partial charge in [0.25, 0.3) is 0 Å². The van der Waals surface area contributed by atoms with Crippen molar-refractivity contribution in [2.24, 2.45) is 0 Å². The van der Waals surface area contributed by atoms with Gasteiger partial charge in [0.2, 0.25) is 0 Å². The number of rotatable bonds is 4. The molecule has 6 nitrogen and oxygen atoms in total. The second-order valence-corrected chi connectivity index (χ2v) is 7.22. The predicted molar refractivity (Wildman–Crippen MR) is 113 cm³/mol. The van der Waals surface area contributed by atoms with E-state index >= 15 is 0 Å². The summed E-state index contributed by atoms with van der Waals surface area (Å²) in [6, 6.07) is 16.8. The van der Waals surface area contributed by atoms with E-state index in [4.69, 9.17) is 4.74 Å². The highest BCUT2D eigenvalue weighted by atomic mass is 16.5. The molecule has 1 saturated heterocycles. The highest BCUT2D eigenvalue weighted by molar-refractivity contribution is 6.00. The topological polar surface area (TPSA) is 73.2 Å². The Kier molecular flexibility index (Phi) is 5.27. The number of phenols is 2. The molecule has 0 radical (unpaired) electrons. The monoisotopic (exact) mass is 392 g/mol. The number of piperazine rings is 1. The van der Waals surface area contributed by atoms with Gasteiger partial charge in [0, 0.05) is 38.3 Å². The van der Waals surface area contributed by atoms with Crippen molar-refractivity contribution in [3.8, 4) is 11.5 Å². The lowest BCUT2D eigenvalue weighted by atomic mass is 9.98. The van der Waals surface area contributed by atoms with Gasteiger partial charge in [-0.1, -0.05) is 36.4 Å². The lowest BCUT2D eigenvalue weighted by Crippen LogP contribution is -2.46. The van der Waals surface area contributed by atoms with Crippen LogP contribution >= 0.6 is 0 Å². The summed E-state index contributed by atoms with van der Waals surface area (Å²) in [4.78, 5) is 16.5. The van der Waals surface area contributed by atoms with E-state index in [1.54, 1.807) is 12.1 Å². The maximum atomic E-state index is 12.1. The van der Waals surface area contributed by atoms with Crippen LogP contribution < -0.4 is 4.90 Å². The van der Waals surface area contributed by atoms with Gasteiger partial charge in [0.15, 0.2) is 0 Å². The number of carbonyl (C=O) groups is 1. The first-order chi connectivity index (χ1) is 14.1. The third kappa shape index (κ3) is 3.71. The summed E-state index contributed by atoms with van der Waals surface area (Å²) in [6.45, 7) is 3.64. The van der Waals surface area contributed by atoms with Crippen LogP contribution in [0.2, 0.25) is 0 Å². The Bertz CT molecular complexity index is 1040. The molecule has 0 atom stereocenters. The molecule has 3 aromatic rings. The van der Waals surface area contributed by atoms with Crippen molar-refractivity contribution >= 4 is 22.4 Å². The molecule has 1 aliphatic heterocycles. The third-order valence-electron chi connectivity index (χ3n) is 5.51. The molecule has 1 fully saturated rings. The number of benzene rings is 3. The Hall–Kier alpha value is -3.25. The molecule has 0 spiro atoms. The molecule has 3 aromatic carbocycles. The lowest BCUT2D eigenvalue weighted by molar-refractivity contribution is 0.0597. The summed E-state index contributed by atoms with van der Waals surface area (Å²) in [6.07, 6.45) is 0. The average molecular weight is 392 g/mol. The van der Waals surface area contributed by atoms with Crippen molar-refractivity contribution in [1.82, 2.24) is 4.90 Å². The largest absolute Gasteiger partial charge is 0.507 e. The van der Waals surface area contributed by atoms with Crippen LogP contribution in [-0.4, -0.2) is 54.4 Å². The van der Waals surface area contributed by atoms with Gasteiger partial charge in [0.05, 0.1) is 12.8 Å². The molecular formula is C23H24N2O4. The molecule has 6 heteroatoms. The summed E-state index contributed by atoms with van der Waals surface area (Å²) in [5.74, 6) is -0.270. The number of esters is 1. The average Bonchev–Trinajstić information content (AvgIpc) is 2.76. The van der Waals surface area contributed by atoms with E-state index in [-0.39, 0.29) is 17.1 Å². The molecule has 29 heavy (non-hydrogen) atoms. The fourth-order valence-corrected chi connectivity index (χ4v) is 3.94. The van der Waals surface area contributed by atoms with E-state index < -0.39 is 5.97 Å². The first-order valence-electron chi connectivity index (χ1n) is 9.65. The Morgan fingerprint density at radius 3 is 2.41 bits per heavy atom. The third-order valence-corrected chi connectivity index (χ3v) is 5.51. The molecule has 150 valence electrons. The van der Waals surface area contributed by atoms with Crippen LogP contribution in [0.3, 0.4) is 0 Å². The van der Waals surface area contributed by atoms with Gasteiger partial charge in [-0.25, -0.2) is 4.79 Å². The van der Waals surface area contributed by atoms with Crippen LogP contribution in [0.25, 0.3) is 10.8 Å². The SMILES string of the molecule is COC(=O)c1cc2ccccc2c(CN2CCN(c3ccccc3O)CC2)c1O. The minimum Gasteiger partial charge on any atom is -0.507 e. The maximum Gasteiger partial charge on any atom is 0.341 e. The number of anilines is 1. The number of hydrogen-bond donors (Lipinski definition) is 2. The molecule has 0 bridgehead atoms. The van der Waals surface area contributed by atoms with Crippen LogP contribution in [0.15, 0.2) is 54.6 Å². The van der Waals surface area contributed by atoms with Gasteiger partial charge < -0.3 is 19.8 Å². The number of phenolic OH excluding ortho intramolecular Hbond substituents is 2. The first kappa shape index (κ1) is 19.1. The molecule has 4 rings (SSSR count). The minimum atomic E-state index is -0.543. The molecule has 2 N–H and O–H groups in total. The Morgan fingerprint density at radius 1 is 1.00 bits per heavy atom. The summed E-state index contributed by atoms with van der Waals surface area (Å²) in [5.41, 5.74) is 1.77. The Balaban J connectivity index is 1.58. The van der Waals surface area contributed by atoms with Gasteiger partial charge in [-0.05, 0) is 29.0 Å². The number of methoxy groups -OCH3 is 1. The molecule has 0 unspecified atom stereocenters. The van der Waals surface area contributed by atoms with Gasteiger partial charge in [-0.3, -0.25) is 4.90 Å². The minimum absolute atomic E-state index is 0.0151. The van der Waals surface area contributed by atoms with Gasteiger partial charge >= 0.3 is 5.97 Å². The fourth-order valence-electron chi connectivity index (χ4n) is 3.94. The van der Waals surface area contributed by atoms with Crippen LogP contribution in [0, 0.1) is 0 Å². The van der Waals surface area contributed by atoms with E-state index in [1.165, 1.54) is 7.11 Å². The van der Waals surface area contributed by atoms with E-state index in [9.17, 15) is 15.0 Å². The molecular weight excluding hydrogens is 368 g/mol. The number of para-hydroxylation sites is 2. The molecule has 0 amide bonds. The zero-order valence-electron chi connectivity index (χ0n) is 16.3. The lowest BCUT2D eigenvalue weighted by Gasteiger charge is -2.36. The Morgan fingerprint density at radius 2 is 1.69 bits per heavy atom. The highest BCUT2D eigenvalue weighted by Crippen LogP contribution is 2.34. The van der Waals surface area contributed by atoms with Crippen LogP contribution in [0.1, 0.15) is 15.9 Å². The molecule has 0 aliphatic carbocycles. The van der Waals surface area contributed by atoms with Crippen molar-refractivity contribution in [2.75, 3.05) is 38.2 Å². The number of carbonyl (C=O) groups excluding carboxylic acids is 1. The highest BCUT2D eigenvalue weighted by Gasteiger charge is 2.23. The Labute approximate surface area is 169 Å².